The van der Waals surface area contributed by atoms with Gasteiger partial charge in [0.25, 0.3) is 0 Å². The fourth-order valence-electron chi connectivity index (χ4n) is 3.18. The van der Waals surface area contributed by atoms with E-state index in [-0.39, 0.29) is 12.0 Å². The van der Waals surface area contributed by atoms with Crippen molar-refractivity contribution in [2.45, 2.75) is 12.5 Å². The largest absolute Gasteiger partial charge is 0.464 e. The molecule has 0 saturated heterocycles. The maximum atomic E-state index is 12.0. The van der Waals surface area contributed by atoms with Gasteiger partial charge in [0.1, 0.15) is 5.71 Å². The number of esters is 1. The van der Waals surface area contributed by atoms with Crippen molar-refractivity contribution in [3.05, 3.63) is 66.4 Å². The first kappa shape index (κ1) is 14.5. The van der Waals surface area contributed by atoms with E-state index in [1.807, 2.05) is 59.7 Å². The number of benzene rings is 2. The van der Waals surface area contributed by atoms with Gasteiger partial charge in [-0.2, -0.15) is 5.10 Å². The molecule has 1 aliphatic heterocycles. The maximum absolute atomic E-state index is 12.0. The van der Waals surface area contributed by atoms with Gasteiger partial charge in [-0.05, 0) is 18.2 Å². The van der Waals surface area contributed by atoms with Gasteiger partial charge in [0.15, 0.2) is 0 Å². The monoisotopic (exact) mass is 319 g/mol. The van der Waals surface area contributed by atoms with Gasteiger partial charge in [-0.15, -0.1) is 0 Å². The molecule has 4 rings (SSSR count). The van der Waals surface area contributed by atoms with Crippen LogP contribution >= 0.6 is 0 Å². The first-order valence-electron chi connectivity index (χ1n) is 7.84. The molecule has 0 fully saturated rings. The van der Waals surface area contributed by atoms with E-state index in [2.05, 4.69) is 16.2 Å². The third-order valence-electron chi connectivity index (χ3n) is 4.33. The third kappa shape index (κ3) is 2.34. The molecule has 1 aromatic heterocycles. The number of carbonyl (C=O) groups is 1. The highest BCUT2D eigenvalue weighted by molar-refractivity contribution is 6.37. The van der Waals surface area contributed by atoms with Crippen LogP contribution in [-0.2, 0) is 9.53 Å². The Morgan fingerprint density at radius 3 is 2.71 bits per heavy atom. The van der Waals surface area contributed by atoms with Gasteiger partial charge in [-0.1, -0.05) is 36.4 Å². The number of ether oxygens (including phenoxy) is 1. The van der Waals surface area contributed by atoms with Crippen LogP contribution in [0.25, 0.3) is 10.9 Å². The van der Waals surface area contributed by atoms with E-state index in [1.54, 1.807) is 0 Å². The predicted molar refractivity (Wildman–Crippen MR) is 94.0 cm³/mol. The van der Waals surface area contributed by atoms with Crippen LogP contribution in [0.5, 0.6) is 0 Å². The molecule has 5 nitrogen and oxygen atoms in total. The molecule has 3 aromatic rings. The van der Waals surface area contributed by atoms with Crippen molar-refractivity contribution in [3.8, 4) is 0 Å². The molecule has 1 atom stereocenters. The SMILES string of the molecule is COC(=O)C1=NN(c2ccccc2)[C@H](c2c[nH]c3ccccc23)C1. The molecule has 120 valence electrons. The Morgan fingerprint density at radius 1 is 1.17 bits per heavy atom. The number of rotatable bonds is 3. The molecular weight excluding hydrogens is 302 g/mol. The molecule has 0 saturated carbocycles. The molecule has 0 radical (unpaired) electrons. The van der Waals surface area contributed by atoms with Crippen molar-refractivity contribution >= 4 is 28.3 Å². The molecule has 5 heteroatoms. The van der Waals surface area contributed by atoms with E-state index < -0.39 is 0 Å². The second kappa shape index (κ2) is 5.85. The van der Waals surface area contributed by atoms with Crippen molar-refractivity contribution in [1.82, 2.24) is 4.98 Å². The van der Waals surface area contributed by atoms with Crippen LogP contribution in [0.1, 0.15) is 18.0 Å². The molecule has 0 bridgehead atoms. The van der Waals surface area contributed by atoms with Crippen LogP contribution in [0.2, 0.25) is 0 Å². The molecule has 0 aliphatic carbocycles. The van der Waals surface area contributed by atoms with Gasteiger partial charge in [0.05, 0.1) is 18.8 Å². The van der Waals surface area contributed by atoms with Crippen molar-refractivity contribution in [2.75, 3.05) is 12.1 Å². The Kier molecular flexibility index (Phi) is 3.54. The highest BCUT2D eigenvalue weighted by Gasteiger charge is 2.34. The highest BCUT2D eigenvalue weighted by atomic mass is 16.5. The lowest BCUT2D eigenvalue weighted by Crippen LogP contribution is -2.18. The molecular formula is C19H17N3O2. The number of hydrogen-bond donors (Lipinski definition) is 1. The summed E-state index contributed by atoms with van der Waals surface area (Å²) < 4.78 is 4.87. The minimum atomic E-state index is -0.377. The number of aromatic amines is 1. The van der Waals surface area contributed by atoms with Gasteiger partial charge in [0, 0.05) is 29.1 Å². The number of aromatic nitrogens is 1. The number of para-hydroxylation sites is 2. The molecule has 2 aromatic carbocycles. The lowest BCUT2D eigenvalue weighted by Gasteiger charge is -2.23. The number of nitrogens with one attached hydrogen (secondary N) is 1. The van der Waals surface area contributed by atoms with Gasteiger partial charge in [0.2, 0.25) is 0 Å². The van der Waals surface area contributed by atoms with Crippen molar-refractivity contribution in [3.63, 3.8) is 0 Å². The predicted octanol–water partition coefficient (Wildman–Crippen LogP) is 3.65. The Bertz CT molecular complexity index is 915. The highest BCUT2D eigenvalue weighted by Crippen LogP contribution is 2.38. The number of hydrazone groups is 1. The van der Waals surface area contributed by atoms with Crippen LogP contribution in [0, 0.1) is 0 Å². The zero-order valence-corrected chi connectivity index (χ0v) is 13.3. The zero-order chi connectivity index (χ0) is 16.5. The maximum Gasteiger partial charge on any atom is 0.354 e. The van der Waals surface area contributed by atoms with E-state index in [0.717, 1.165) is 22.2 Å². The number of carbonyl (C=O) groups excluding carboxylic acids is 1. The average Bonchev–Trinajstić information content (AvgIpc) is 3.26. The summed E-state index contributed by atoms with van der Waals surface area (Å²) in [5.41, 5.74) is 3.59. The quantitative estimate of drug-likeness (QED) is 0.750. The number of nitrogens with zero attached hydrogens (tertiary/aromatic N) is 2. The third-order valence-corrected chi connectivity index (χ3v) is 4.33. The summed E-state index contributed by atoms with van der Waals surface area (Å²) in [5.74, 6) is -0.377. The standard InChI is InChI=1S/C19H17N3O2/c1-24-19(23)17-11-18(22(21-17)13-7-3-2-4-8-13)15-12-20-16-10-6-5-9-14(15)16/h2-10,12,18,20H,11H2,1H3/t18-/m0/s1. The Morgan fingerprint density at radius 2 is 1.92 bits per heavy atom. The van der Waals surface area contributed by atoms with Crippen LogP contribution in [0.3, 0.4) is 0 Å². The average molecular weight is 319 g/mol. The van der Waals surface area contributed by atoms with E-state index >= 15 is 0 Å². The van der Waals surface area contributed by atoms with Gasteiger partial charge < -0.3 is 9.72 Å². The Hall–Kier alpha value is -3.08. The molecule has 0 unspecified atom stereocenters. The van der Waals surface area contributed by atoms with Gasteiger partial charge >= 0.3 is 5.97 Å². The second-order valence-corrected chi connectivity index (χ2v) is 5.73. The van der Waals surface area contributed by atoms with E-state index in [1.165, 1.54) is 7.11 Å². The number of fused-ring (bicyclic) bond motifs is 1. The van der Waals surface area contributed by atoms with Crippen LogP contribution in [0.4, 0.5) is 5.69 Å². The van der Waals surface area contributed by atoms with Crippen molar-refractivity contribution in [1.29, 1.82) is 0 Å². The smallest absolute Gasteiger partial charge is 0.354 e. The summed E-state index contributed by atoms with van der Waals surface area (Å²) >= 11 is 0. The fraction of sp³-hybridized carbons (Fsp3) is 0.158. The Balaban J connectivity index is 1.80. The lowest BCUT2D eigenvalue weighted by atomic mass is 10.0. The summed E-state index contributed by atoms with van der Waals surface area (Å²) in [5, 5.41) is 7.58. The van der Waals surface area contributed by atoms with Crippen LogP contribution in [-0.4, -0.2) is 23.8 Å². The summed E-state index contributed by atoms with van der Waals surface area (Å²) in [6, 6.07) is 18.0. The zero-order valence-electron chi connectivity index (χ0n) is 13.3. The molecule has 0 spiro atoms. The molecule has 2 heterocycles. The van der Waals surface area contributed by atoms with Crippen molar-refractivity contribution < 1.29 is 9.53 Å². The Labute approximate surface area is 139 Å². The van der Waals surface area contributed by atoms with E-state index in [0.29, 0.717) is 12.1 Å². The normalized spacial score (nSPS) is 17.1. The minimum absolute atomic E-state index is 0.0438. The fourth-order valence-corrected chi connectivity index (χ4v) is 3.18. The van der Waals surface area contributed by atoms with Crippen LogP contribution < -0.4 is 5.01 Å². The molecule has 24 heavy (non-hydrogen) atoms. The number of hydrogen-bond acceptors (Lipinski definition) is 4. The van der Waals surface area contributed by atoms with Gasteiger partial charge in [-0.3, -0.25) is 5.01 Å². The summed E-state index contributed by atoms with van der Waals surface area (Å²) in [6.07, 6.45) is 2.52. The summed E-state index contributed by atoms with van der Waals surface area (Å²) in [6.45, 7) is 0. The number of H-pyrrole nitrogens is 1. The number of methoxy groups -OCH3 is 1. The second-order valence-electron chi connectivity index (χ2n) is 5.73. The number of anilines is 1. The first-order valence-corrected chi connectivity index (χ1v) is 7.84. The summed E-state index contributed by atoms with van der Waals surface area (Å²) in [4.78, 5) is 15.3. The molecule has 1 aliphatic rings. The minimum Gasteiger partial charge on any atom is -0.464 e. The molecule has 0 amide bonds. The van der Waals surface area contributed by atoms with Crippen molar-refractivity contribution in [2.24, 2.45) is 5.10 Å². The van der Waals surface area contributed by atoms with E-state index in [4.69, 9.17) is 4.74 Å². The van der Waals surface area contributed by atoms with Crippen LogP contribution in [0.15, 0.2) is 65.9 Å². The topological polar surface area (TPSA) is 57.7 Å². The van der Waals surface area contributed by atoms with E-state index in [9.17, 15) is 4.79 Å². The molecule has 1 N–H and O–H groups in total. The first-order chi connectivity index (χ1) is 11.8. The lowest BCUT2D eigenvalue weighted by molar-refractivity contribution is -0.132. The summed E-state index contributed by atoms with van der Waals surface area (Å²) in [7, 11) is 1.39. The van der Waals surface area contributed by atoms with Gasteiger partial charge in [-0.25, -0.2) is 4.79 Å².